The maximum Gasteiger partial charge on any atom is 0.227 e. The van der Waals surface area contributed by atoms with Crippen molar-refractivity contribution >= 4 is 11.6 Å². The van der Waals surface area contributed by atoms with E-state index >= 15 is 0 Å². The fourth-order valence-electron chi connectivity index (χ4n) is 3.15. The molecule has 0 aliphatic heterocycles. The summed E-state index contributed by atoms with van der Waals surface area (Å²) in [5.41, 5.74) is 1.45. The van der Waals surface area contributed by atoms with Gasteiger partial charge in [0.1, 0.15) is 5.82 Å². The molecule has 1 aromatic carbocycles. The molecule has 0 aromatic heterocycles. The van der Waals surface area contributed by atoms with Crippen LogP contribution in [-0.4, -0.2) is 11.9 Å². The van der Waals surface area contributed by atoms with Crippen LogP contribution >= 0.6 is 0 Å². The van der Waals surface area contributed by atoms with Gasteiger partial charge in [0.2, 0.25) is 5.91 Å². The molecule has 0 fully saturated rings. The van der Waals surface area contributed by atoms with Crippen molar-refractivity contribution in [1.29, 1.82) is 0 Å². The van der Waals surface area contributed by atoms with Crippen LogP contribution in [0.15, 0.2) is 18.2 Å². The molecule has 0 radical (unpaired) electrons. The Morgan fingerprint density at radius 2 is 1.71 bits per heavy atom. The van der Waals surface area contributed by atoms with E-state index < -0.39 is 0 Å². The molecule has 0 saturated carbocycles. The van der Waals surface area contributed by atoms with Gasteiger partial charge in [-0.2, -0.15) is 0 Å². The average Bonchev–Trinajstić information content (AvgIpc) is 2.47. The predicted octanol–water partition coefficient (Wildman–Crippen LogP) is 6.13. The molecule has 0 spiro atoms. The van der Waals surface area contributed by atoms with Gasteiger partial charge in [-0.05, 0) is 48.4 Å². The Kier molecular flexibility index (Phi) is 7.92. The monoisotopic (exact) mass is 335 g/mol. The van der Waals surface area contributed by atoms with Crippen LogP contribution in [0.3, 0.4) is 0 Å². The zero-order valence-electron chi connectivity index (χ0n) is 16.3. The fourth-order valence-corrected chi connectivity index (χ4v) is 3.15. The summed E-state index contributed by atoms with van der Waals surface area (Å²) in [7, 11) is 0. The molecule has 3 heteroatoms. The molecule has 2 nitrogen and oxygen atoms in total. The van der Waals surface area contributed by atoms with Gasteiger partial charge in [-0.3, -0.25) is 4.79 Å². The third-order valence-electron chi connectivity index (χ3n) is 4.25. The topological polar surface area (TPSA) is 20.3 Å². The van der Waals surface area contributed by atoms with Gasteiger partial charge in [-0.15, -0.1) is 0 Å². The second-order valence-electron chi connectivity index (χ2n) is 7.86. The van der Waals surface area contributed by atoms with Gasteiger partial charge in [-0.1, -0.05) is 54.4 Å². The summed E-state index contributed by atoms with van der Waals surface area (Å²) in [6, 6.07) is 5.30. The van der Waals surface area contributed by atoms with E-state index in [2.05, 4.69) is 34.6 Å². The first-order chi connectivity index (χ1) is 11.2. The van der Waals surface area contributed by atoms with Crippen LogP contribution in [0.4, 0.5) is 10.1 Å². The van der Waals surface area contributed by atoms with Crippen molar-refractivity contribution in [3.63, 3.8) is 0 Å². The standard InChI is InChI=1S/C21H34FNO/c1-7-10-17(11-8-2)23(20(24)15-21(4,5)6)18-12-13-19(22)16(9-3)14-18/h12-14,17H,7-11,15H2,1-6H3. The molecule has 1 rings (SSSR count). The maximum absolute atomic E-state index is 13.9. The van der Waals surface area contributed by atoms with Gasteiger partial charge in [0.05, 0.1) is 0 Å². The Labute approximate surface area is 147 Å². The van der Waals surface area contributed by atoms with Crippen molar-refractivity contribution in [1.82, 2.24) is 0 Å². The number of carbonyl (C=O) groups excluding carboxylic acids is 1. The Morgan fingerprint density at radius 1 is 1.12 bits per heavy atom. The van der Waals surface area contributed by atoms with Crippen molar-refractivity contribution in [3.05, 3.63) is 29.6 Å². The van der Waals surface area contributed by atoms with Crippen LogP contribution in [0.25, 0.3) is 0 Å². The van der Waals surface area contributed by atoms with Crippen LogP contribution in [0, 0.1) is 11.2 Å². The van der Waals surface area contributed by atoms with Crippen LogP contribution < -0.4 is 4.90 Å². The minimum atomic E-state index is -0.188. The van der Waals surface area contributed by atoms with Crippen molar-refractivity contribution < 1.29 is 9.18 Å². The average molecular weight is 336 g/mol. The molecule has 136 valence electrons. The first-order valence-corrected chi connectivity index (χ1v) is 9.34. The summed E-state index contributed by atoms with van der Waals surface area (Å²) in [4.78, 5) is 15.0. The van der Waals surface area contributed by atoms with E-state index in [4.69, 9.17) is 0 Å². The van der Waals surface area contributed by atoms with Gasteiger partial charge in [-0.25, -0.2) is 4.39 Å². The van der Waals surface area contributed by atoms with Gasteiger partial charge < -0.3 is 4.90 Å². The second-order valence-corrected chi connectivity index (χ2v) is 7.86. The number of carbonyl (C=O) groups is 1. The first-order valence-electron chi connectivity index (χ1n) is 9.34. The quantitative estimate of drug-likeness (QED) is 0.560. The lowest BCUT2D eigenvalue weighted by molar-refractivity contribution is -0.120. The zero-order chi connectivity index (χ0) is 18.3. The molecule has 0 unspecified atom stereocenters. The number of anilines is 1. The van der Waals surface area contributed by atoms with Crippen LogP contribution in [-0.2, 0) is 11.2 Å². The number of halogens is 1. The highest BCUT2D eigenvalue weighted by atomic mass is 19.1. The summed E-state index contributed by atoms with van der Waals surface area (Å²) >= 11 is 0. The third-order valence-corrected chi connectivity index (χ3v) is 4.25. The van der Waals surface area contributed by atoms with Gasteiger partial charge in [0.25, 0.3) is 0 Å². The molecular weight excluding hydrogens is 301 g/mol. The summed E-state index contributed by atoms with van der Waals surface area (Å²) in [6.45, 7) is 12.5. The van der Waals surface area contributed by atoms with E-state index in [1.807, 2.05) is 17.9 Å². The molecule has 1 amide bonds. The molecule has 0 saturated heterocycles. The molecule has 0 N–H and O–H groups in total. The largest absolute Gasteiger partial charge is 0.309 e. The highest BCUT2D eigenvalue weighted by molar-refractivity contribution is 5.94. The minimum absolute atomic E-state index is 0.0636. The van der Waals surface area contributed by atoms with Crippen LogP contribution in [0.1, 0.15) is 79.2 Å². The Hall–Kier alpha value is -1.38. The first kappa shape index (κ1) is 20.7. The lowest BCUT2D eigenvalue weighted by Crippen LogP contribution is -2.42. The van der Waals surface area contributed by atoms with Crippen molar-refractivity contribution in [2.75, 3.05) is 4.90 Å². The maximum atomic E-state index is 13.9. The number of hydrogen-bond donors (Lipinski definition) is 0. The molecular formula is C21H34FNO. The lowest BCUT2D eigenvalue weighted by Gasteiger charge is -2.34. The van der Waals surface area contributed by atoms with Crippen LogP contribution in [0.2, 0.25) is 0 Å². The van der Waals surface area contributed by atoms with E-state index in [1.54, 1.807) is 6.07 Å². The van der Waals surface area contributed by atoms with Gasteiger partial charge in [0, 0.05) is 18.2 Å². The molecule has 0 aliphatic carbocycles. The second kappa shape index (κ2) is 9.19. The normalized spacial score (nSPS) is 11.8. The molecule has 0 bridgehead atoms. The SMILES string of the molecule is CCCC(CCC)N(C(=O)CC(C)(C)C)c1ccc(F)c(CC)c1. The summed E-state index contributed by atoms with van der Waals surface area (Å²) in [5.74, 6) is -0.0462. The summed E-state index contributed by atoms with van der Waals surface area (Å²) in [5, 5.41) is 0. The summed E-state index contributed by atoms with van der Waals surface area (Å²) < 4.78 is 13.9. The van der Waals surface area contributed by atoms with E-state index in [0.29, 0.717) is 18.4 Å². The molecule has 0 atom stereocenters. The molecule has 0 heterocycles. The van der Waals surface area contributed by atoms with E-state index in [0.717, 1.165) is 31.4 Å². The number of benzene rings is 1. The number of hydrogen-bond acceptors (Lipinski definition) is 1. The van der Waals surface area contributed by atoms with Crippen molar-refractivity contribution in [3.8, 4) is 0 Å². The number of rotatable bonds is 8. The van der Waals surface area contributed by atoms with Crippen molar-refractivity contribution in [2.45, 2.75) is 86.1 Å². The fraction of sp³-hybridized carbons (Fsp3) is 0.667. The van der Waals surface area contributed by atoms with E-state index in [9.17, 15) is 9.18 Å². The number of amides is 1. The zero-order valence-corrected chi connectivity index (χ0v) is 16.3. The highest BCUT2D eigenvalue weighted by Crippen LogP contribution is 2.29. The number of aryl methyl sites for hydroxylation is 1. The van der Waals surface area contributed by atoms with Crippen molar-refractivity contribution in [2.24, 2.45) is 5.41 Å². The Balaban J connectivity index is 3.27. The van der Waals surface area contributed by atoms with E-state index in [-0.39, 0.29) is 23.2 Å². The summed E-state index contributed by atoms with van der Waals surface area (Å²) in [6.07, 6.45) is 5.14. The lowest BCUT2D eigenvalue weighted by atomic mass is 9.90. The molecule has 0 aliphatic rings. The smallest absolute Gasteiger partial charge is 0.227 e. The van der Waals surface area contributed by atoms with E-state index in [1.165, 1.54) is 6.07 Å². The Morgan fingerprint density at radius 3 is 2.17 bits per heavy atom. The molecule has 1 aromatic rings. The third kappa shape index (κ3) is 5.92. The van der Waals surface area contributed by atoms with Gasteiger partial charge in [0.15, 0.2) is 0 Å². The number of nitrogens with zero attached hydrogens (tertiary/aromatic N) is 1. The predicted molar refractivity (Wildman–Crippen MR) is 101 cm³/mol. The molecule has 24 heavy (non-hydrogen) atoms. The Bertz CT molecular complexity index is 527. The van der Waals surface area contributed by atoms with Gasteiger partial charge >= 0.3 is 0 Å². The minimum Gasteiger partial charge on any atom is -0.309 e. The highest BCUT2D eigenvalue weighted by Gasteiger charge is 2.28. The van der Waals surface area contributed by atoms with Crippen LogP contribution in [0.5, 0.6) is 0 Å².